The summed E-state index contributed by atoms with van der Waals surface area (Å²) in [4.78, 5) is 12.3. The number of ether oxygens (including phenoxy) is 2. The van der Waals surface area contributed by atoms with Gasteiger partial charge in [-0.15, -0.1) is 10.2 Å². The van der Waals surface area contributed by atoms with E-state index >= 15 is 0 Å². The fourth-order valence-electron chi connectivity index (χ4n) is 2.97. The molecule has 1 amide bonds. The molecule has 0 atom stereocenters. The minimum absolute atomic E-state index is 0.0685. The molecule has 1 N–H and O–H groups in total. The molecule has 28 heavy (non-hydrogen) atoms. The van der Waals surface area contributed by atoms with Crippen molar-refractivity contribution in [2.75, 3.05) is 12.5 Å². The summed E-state index contributed by atoms with van der Waals surface area (Å²) in [6, 6.07) is 13.8. The molecule has 1 aliphatic heterocycles. The van der Waals surface area contributed by atoms with Gasteiger partial charge in [0.1, 0.15) is 6.33 Å². The topological polar surface area (TPSA) is 78.3 Å². The number of nitrogens with one attached hydrogen (secondary N) is 1. The number of thioether (sulfide) groups is 1. The first-order valence-corrected chi connectivity index (χ1v) is 9.99. The highest BCUT2D eigenvalue weighted by atomic mass is 32.2. The minimum atomic E-state index is -0.0685. The van der Waals surface area contributed by atoms with Crippen molar-refractivity contribution in [2.45, 2.75) is 25.0 Å². The number of carbonyl (C=O) groups is 1. The molecule has 0 spiro atoms. The Morgan fingerprint density at radius 3 is 2.96 bits per heavy atom. The molecule has 0 bridgehead atoms. The van der Waals surface area contributed by atoms with Gasteiger partial charge in [-0.3, -0.25) is 9.36 Å². The van der Waals surface area contributed by atoms with Gasteiger partial charge in [0.15, 0.2) is 16.7 Å². The SMILES string of the molecule is CCc1ccccc1-n1cnnc1SCC(=O)NCc1ccc2c(c1)OCO2. The van der Waals surface area contributed by atoms with E-state index in [9.17, 15) is 4.79 Å². The van der Waals surface area contributed by atoms with Gasteiger partial charge in [-0.2, -0.15) is 0 Å². The van der Waals surface area contributed by atoms with Gasteiger partial charge in [0.2, 0.25) is 12.7 Å². The zero-order chi connectivity index (χ0) is 19.3. The molecule has 0 saturated heterocycles. The van der Waals surface area contributed by atoms with Crippen molar-refractivity contribution in [3.05, 3.63) is 59.9 Å². The number of para-hydroxylation sites is 1. The van der Waals surface area contributed by atoms with Gasteiger partial charge < -0.3 is 14.8 Å². The summed E-state index contributed by atoms with van der Waals surface area (Å²) in [6.07, 6.45) is 2.59. The van der Waals surface area contributed by atoms with E-state index in [1.807, 2.05) is 41.0 Å². The average Bonchev–Trinajstić information content (AvgIpc) is 3.39. The van der Waals surface area contributed by atoms with Crippen LogP contribution >= 0.6 is 11.8 Å². The van der Waals surface area contributed by atoms with Gasteiger partial charge in [-0.1, -0.05) is 43.0 Å². The van der Waals surface area contributed by atoms with Crippen LogP contribution in [0.4, 0.5) is 0 Å². The number of fused-ring (bicyclic) bond motifs is 1. The van der Waals surface area contributed by atoms with E-state index < -0.39 is 0 Å². The quantitative estimate of drug-likeness (QED) is 0.619. The second kappa shape index (κ2) is 8.35. The molecule has 1 aromatic heterocycles. The molecular weight excluding hydrogens is 376 g/mol. The number of rotatable bonds is 7. The Morgan fingerprint density at radius 1 is 1.21 bits per heavy atom. The third-order valence-electron chi connectivity index (χ3n) is 4.41. The van der Waals surface area contributed by atoms with Crippen molar-refractivity contribution in [2.24, 2.45) is 0 Å². The number of hydrogen-bond acceptors (Lipinski definition) is 6. The predicted octanol–water partition coefficient (Wildman–Crippen LogP) is 2.97. The number of aromatic nitrogens is 3. The smallest absolute Gasteiger partial charge is 0.231 e. The van der Waals surface area contributed by atoms with Crippen molar-refractivity contribution in [1.29, 1.82) is 0 Å². The number of hydrogen-bond donors (Lipinski definition) is 1. The lowest BCUT2D eigenvalue weighted by molar-refractivity contribution is -0.118. The molecule has 3 aromatic rings. The van der Waals surface area contributed by atoms with Crippen LogP contribution in [0.5, 0.6) is 11.5 Å². The molecule has 7 nitrogen and oxygen atoms in total. The fraction of sp³-hybridized carbons (Fsp3) is 0.250. The van der Waals surface area contributed by atoms with E-state index in [2.05, 4.69) is 28.5 Å². The van der Waals surface area contributed by atoms with Crippen molar-refractivity contribution >= 4 is 17.7 Å². The number of amides is 1. The van der Waals surface area contributed by atoms with E-state index in [4.69, 9.17) is 9.47 Å². The highest BCUT2D eigenvalue weighted by Crippen LogP contribution is 2.32. The zero-order valence-corrected chi connectivity index (χ0v) is 16.2. The zero-order valence-electron chi connectivity index (χ0n) is 15.4. The Morgan fingerprint density at radius 2 is 2.07 bits per heavy atom. The third-order valence-corrected chi connectivity index (χ3v) is 5.35. The molecule has 4 rings (SSSR count). The van der Waals surface area contributed by atoms with Gasteiger partial charge in [-0.25, -0.2) is 0 Å². The molecule has 2 aromatic carbocycles. The normalized spacial score (nSPS) is 12.2. The molecule has 0 unspecified atom stereocenters. The molecule has 0 saturated carbocycles. The number of nitrogens with zero attached hydrogens (tertiary/aromatic N) is 3. The van der Waals surface area contributed by atoms with Crippen LogP contribution in [-0.2, 0) is 17.8 Å². The van der Waals surface area contributed by atoms with Crippen LogP contribution < -0.4 is 14.8 Å². The molecule has 0 aliphatic carbocycles. The summed E-state index contributed by atoms with van der Waals surface area (Å²) in [5.41, 5.74) is 3.21. The van der Waals surface area contributed by atoms with Crippen LogP contribution in [0.25, 0.3) is 5.69 Å². The number of benzene rings is 2. The van der Waals surface area contributed by atoms with Crippen molar-refractivity contribution in [1.82, 2.24) is 20.1 Å². The molecular formula is C20H20N4O3S. The fourth-order valence-corrected chi connectivity index (χ4v) is 3.72. The number of carbonyl (C=O) groups excluding carboxylic acids is 1. The Bertz CT molecular complexity index is 989. The van der Waals surface area contributed by atoms with Crippen LogP contribution in [0.3, 0.4) is 0 Å². The highest BCUT2D eigenvalue weighted by Gasteiger charge is 2.14. The summed E-state index contributed by atoms with van der Waals surface area (Å²) in [5.74, 6) is 1.64. The van der Waals surface area contributed by atoms with E-state index in [-0.39, 0.29) is 18.5 Å². The van der Waals surface area contributed by atoms with Gasteiger partial charge in [0.25, 0.3) is 0 Å². The first kappa shape index (κ1) is 18.4. The Hall–Kier alpha value is -3.00. The first-order valence-electron chi connectivity index (χ1n) is 9.01. The van der Waals surface area contributed by atoms with Crippen LogP contribution in [0.15, 0.2) is 53.9 Å². The van der Waals surface area contributed by atoms with E-state index in [0.29, 0.717) is 17.5 Å². The van der Waals surface area contributed by atoms with Gasteiger partial charge in [0.05, 0.1) is 11.4 Å². The van der Waals surface area contributed by atoms with E-state index in [1.165, 1.54) is 17.3 Å². The molecule has 8 heteroatoms. The van der Waals surface area contributed by atoms with Gasteiger partial charge in [-0.05, 0) is 35.7 Å². The second-order valence-electron chi connectivity index (χ2n) is 6.22. The standard InChI is InChI=1S/C20H20N4O3S/c1-2-15-5-3-4-6-16(15)24-12-22-23-20(24)28-11-19(25)21-10-14-7-8-17-18(9-14)27-13-26-17/h3-9,12H,2,10-11,13H2,1H3,(H,21,25). The van der Waals surface area contributed by atoms with Crippen molar-refractivity contribution in [3.63, 3.8) is 0 Å². The summed E-state index contributed by atoms with van der Waals surface area (Å²) < 4.78 is 12.6. The third kappa shape index (κ3) is 3.96. The van der Waals surface area contributed by atoms with E-state index in [1.54, 1.807) is 6.33 Å². The summed E-state index contributed by atoms with van der Waals surface area (Å²) >= 11 is 1.36. The first-order chi connectivity index (χ1) is 13.7. The Balaban J connectivity index is 1.35. The lowest BCUT2D eigenvalue weighted by Gasteiger charge is -2.10. The van der Waals surface area contributed by atoms with E-state index in [0.717, 1.165) is 23.4 Å². The van der Waals surface area contributed by atoms with Gasteiger partial charge in [0, 0.05) is 6.54 Å². The van der Waals surface area contributed by atoms with Crippen LogP contribution in [-0.4, -0.2) is 33.2 Å². The summed E-state index contributed by atoms with van der Waals surface area (Å²) in [7, 11) is 0. The maximum atomic E-state index is 12.3. The van der Waals surface area contributed by atoms with Crippen molar-refractivity contribution < 1.29 is 14.3 Å². The lowest BCUT2D eigenvalue weighted by Crippen LogP contribution is -2.24. The molecule has 144 valence electrons. The minimum Gasteiger partial charge on any atom is -0.454 e. The maximum absolute atomic E-state index is 12.3. The second-order valence-corrected chi connectivity index (χ2v) is 7.16. The molecule has 0 fully saturated rings. The Labute approximate surface area is 167 Å². The average molecular weight is 396 g/mol. The maximum Gasteiger partial charge on any atom is 0.231 e. The number of aryl methyl sites for hydroxylation is 1. The van der Waals surface area contributed by atoms with Crippen LogP contribution in [0.1, 0.15) is 18.1 Å². The monoisotopic (exact) mass is 396 g/mol. The molecule has 1 aliphatic rings. The lowest BCUT2D eigenvalue weighted by atomic mass is 10.1. The highest BCUT2D eigenvalue weighted by molar-refractivity contribution is 7.99. The Kier molecular flexibility index (Phi) is 5.48. The summed E-state index contributed by atoms with van der Waals surface area (Å²) in [6.45, 7) is 2.78. The summed E-state index contributed by atoms with van der Waals surface area (Å²) in [5, 5.41) is 11.8. The molecule has 2 heterocycles. The molecule has 0 radical (unpaired) electrons. The van der Waals surface area contributed by atoms with Gasteiger partial charge >= 0.3 is 0 Å². The van der Waals surface area contributed by atoms with Crippen LogP contribution in [0.2, 0.25) is 0 Å². The largest absolute Gasteiger partial charge is 0.454 e. The predicted molar refractivity (Wildman–Crippen MR) is 106 cm³/mol. The van der Waals surface area contributed by atoms with Crippen LogP contribution in [0, 0.1) is 0 Å². The van der Waals surface area contributed by atoms with Crippen molar-refractivity contribution in [3.8, 4) is 17.2 Å².